The van der Waals surface area contributed by atoms with Crippen LogP contribution in [0, 0.1) is 60.4 Å². The standard InChI is InChI=1S/C20H19F4NO4S.C11H14N2O2.C8H5ClF4O2S/c1-3-6-25-15-5-4-12(7-13(15)8-29-20(25)26)9-30(27,28)10-14-18(23)16(21)11(2)17(22)19(14)24;1-2-5-13-10-4-3-9(12)6-8(10)7-15-11(13)14;1-3-5(10)7(12)4(2-16(9,14)15)8(13)6(3)11/h4-5,7H,3,6,8-10H2,1-2H3;3-4,6H,2,5,7,12H2,1H3;2H2,1H3. The fourth-order valence-electron chi connectivity index (χ4n) is 6.12. The minimum absolute atomic E-state index is 0.0418. The normalized spacial score (nSPS) is 13.6. The van der Waals surface area contributed by atoms with Crippen LogP contribution in [-0.2, 0) is 58.8 Å². The number of nitrogen functional groups attached to an aromatic ring is 1. The van der Waals surface area contributed by atoms with Gasteiger partial charge in [-0.3, -0.25) is 9.80 Å². The monoisotopic (exact) mass is 927 g/mol. The molecule has 4 aromatic rings. The molecule has 11 nitrogen and oxygen atoms in total. The molecule has 0 bridgehead atoms. The van der Waals surface area contributed by atoms with Crippen LogP contribution in [0.2, 0.25) is 0 Å². The molecule has 61 heavy (non-hydrogen) atoms. The van der Waals surface area contributed by atoms with Gasteiger partial charge in [0.1, 0.15) is 13.2 Å². The Hall–Kier alpha value is -5.15. The molecule has 0 saturated carbocycles. The Morgan fingerprint density at radius 2 is 1.00 bits per heavy atom. The SMILES string of the molecule is CCCN1C(=O)OCc2cc(CS(=O)(=O)Cc3c(F)c(F)c(C)c(F)c3F)ccc21.CCCN1C(=O)OCc2cc(N)ccc21.Cc1c(F)c(F)c(CS(=O)(=O)Cl)c(F)c1F. The molecule has 22 heteroatoms. The number of carbonyl (C=O) groups is 2. The van der Waals surface area contributed by atoms with Gasteiger partial charge in [-0.2, -0.15) is 0 Å². The smallest absolute Gasteiger partial charge is 0.414 e. The average molecular weight is 928 g/mol. The van der Waals surface area contributed by atoms with Gasteiger partial charge in [0.15, 0.2) is 56.4 Å². The van der Waals surface area contributed by atoms with Crippen molar-refractivity contribution < 1.29 is 71.0 Å². The van der Waals surface area contributed by atoms with E-state index in [1.54, 1.807) is 17.0 Å². The number of benzene rings is 4. The maximum absolute atomic E-state index is 14.0. The molecule has 2 aliphatic heterocycles. The fourth-order valence-corrected chi connectivity index (χ4v) is 8.53. The maximum Gasteiger partial charge on any atom is 0.414 e. The van der Waals surface area contributed by atoms with Crippen LogP contribution < -0.4 is 15.5 Å². The Bertz CT molecular complexity index is 2530. The summed E-state index contributed by atoms with van der Waals surface area (Å²) in [7, 11) is -3.73. The van der Waals surface area contributed by atoms with Crippen molar-refractivity contribution in [3.8, 4) is 0 Å². The summed E-state index contributed by atoms with van der Waals surface area (Å²) in [4.78, 5) is 26.5. The van der Waals surface area contributed by atoms with Crippen molar-refractivity contribution in [1.29, 1.82) is 0 Å². The fraction of sp³-hybridized carbons (Fsp3) is 0.333. The van der Waals surface area contributed by atoms with Gasteiger partial charge in [-0.05, 0) is 62.6 Å². The van der Waals surface area contributed by atoms with E-state index in [4.69, 9.17) is 25.9 Å². The minimum Gasteiger partial charge on any atom is -0.444 e. The first kappa shape index (κ1) is 48.5. The van der Waals surface area contributed by atoms with Gasteiger partial charge in [0.25, 0.3) is 0 Å². The number of hydrogen-bond acceptors (Lipinski definition) is 9. The number of amides is 2. The van der Waals surface area contributed by atoms with Crippen LogP contribution in [0.15, 0.2) is 36.4 Å². The van der Waals surface area contributed by atoms with Crippen molar-refractivity contribution in [1.82, 2.24) is 0 Å². The second-order valence-corrected chi connectivity index (χ2v) is 18.5. The lowest BCUT2D eigenvalue weighted by Gasteiger charge is -2.29. The van der Waals surface area contributed by atoms with E-state index < -0.39 is 111 Å². The molecule has 4 aromatic carbocycles. The van der Waals surface area contributed by atoms with E-state index in [9.17, 15) is 61.5 Å². The zero-order valence-electron chi connectivity index (χ0n) is 32.8. The second-order valence-electron chi connectivity index (χ2n) is 13.7. The zero-order chi connectivity index (χ0) is 45.7. The van der Waals surface area contributed by atoms with Crippen LogP contribution in [0.25, 0.3) is 0 Å². The topological polar surface area (TPSA) is 153 Å². The molecule has 2 heterocycles. The van der Waals surface area contributed by atoms with E-state index in [1.165, 1.54) is 17.0 Å². The van der Waals surface area contributed by atoms with Gasteiger partial charge in [-0.1, -0.05) is 19.9 Å². The highest BCUT2D eigenvalue weighted by Crippen LogP contribution is 2.32. The van der Waals surface area contributed by atoms with Gasteiger partial charge in [0.05, 0.1) is 28.6 Å². The first-order chi connectivity index (χ1) is 28.4. The lowest BCUT2D eigenvalue weighted by molar-refractivity contribution is 0.141. The molecule has 0 fully saturated rings. The van der Waals surface area contributed by atoms with Gasteiger partial charge in [-0.15, -0.1) is 0 Å². The quantitative estimate of drug-likeness (QED) is 0.0710. The third-order valence-corrected chi connectivity index (χ3v) is 11.5. The van der Waals surface area contributed by atoms with E-state index in [-0.39, 0.29) is 18.3 Å². The van der Waals surface area contributed by atoms with Crippen LogP contribution in [-0.4, -0.2) is 42.1 Å². The summed E-state index contributed by atoms with van der Waals surface area (Å²) < 4.78 is 164. The molecule has 2 amide bonds. The highest BCUT2D eigenvalue weighted by molar-refractivity contribution is 8.13. The molecule has 0 spiro atoms. The molecule has 0 atom stereocenters. The van der Waals surface area contributed by atoms with Gasteiger partial charge in [-0.25, -0.2) is 61.5 Å². The van der Waals surface area contributed by atoms with E-state index in [0.717, 1.165) is 31.5 Å². The van der Waals surface area contributed by atoms with Crippen molar-refractivity contribution in [2.75, 3.05) is 28.6 Å². The summed E-state index contributed by atoms with van der Waals surface area (Å²) in [6.07, 6.45) is 0.818. The number of cyclic esters (lactones) is 2. The van der Waals surface area contributed by atoms with Crippen LogP contribution in [0.4, 0.5) is 61.8 Å². The lowest BCUT2D eigenvalue weighted by atomic mass is 10.1. The Kier molecular flexibility index (Phi) is 15.7. The van der Waals surface area contributed by atoms with Crippen LogP contribution >= 0.6 is 10.7 Å². The Morgan fingerprint density at radius 3 is 1.41 bits per heavy atom. The summed E-state index contributed by atoms with van der Waals surface area (Å²) in [6, 6.07) is 10.1. The van der Waals surface area contributed by atoms with E-state index >= 15 is 0 Å². The molecule has 0 aromatic heterocycles. The molecule has 0 unspecified atom stereocenters. The number of rotatable bonds is 10. The van der Waals surface area contributed by atoms with Gasteiger partial charge >= 0.3 is 12.2 Å². The highest BCUT2D eigenvalue weighted by Gasteiger charge is 2.30. The number of sulfone groups is 1. The summed E-state index contributed by atoms with van der Waals surface area (Å²) >= 11 is 0. The number of anilines is 3. The summed E-state index contributed by atoms with van der Waals surface area (Å²) in [5, 5.41) is 0. The number of hydrogen-bond donors (Lipinski definition) is 1. The number of nitrogens with two attached hydrogens (primary N) is 1. The predicted octanol–water partition coefficient (Wildman–Crippen LogP) is 9.29. The van der Waals surface area contributed by atoms with Gasteiger partial charge < -0.3 is 15.2 Å². The first-order valence-corrected chi connectivity index (χ1v) is 22.4. The lowest BCUT2D eigenvalue weighted by Crippen LogP contribution is -2.36. The third-order valence-electron chi connectivity index (χ3n) is 9.08. The third kappa shape index (κ3) is 11.4. The number of halogens is 9. The van der Waals surface area contributed by atoms with Crippen LogP contribution in [0.3, 0.4) is 0 Å². The predicted molar refractivity (Wildman–Crippen MR) is 210 cm³/mol. The number of fused-ring (bicyclic) bond motifs is 2. The second kappa shape index (κ2) is 19.7. The van der Waals surface area contributed by atoms with E-state index in [1.807, 2.05) is 26.0 Å². The number of ether oxygens (including phenoxy) is 2. The molecule has 0 saturated heterocycles. The Morgan fingerprint density at radius 1 is 0.607 bits per heavy atom. The molecule has 0 radical (unpaired) electrons. The van der Waals surface area contributed by atoms with Gasteiger partial charge in [0.2, 0.25) is 9.05 Å². The minimum atomic E-state index is -4.31. The van der Waals surface area contributed by atoms with Crippen molar-refractivity contribution in [2.45, 2.75) is 71.0 Å². The Balaban J connectivity index is 0.000000222. The van der Waals surface area contributed by atoms with E-state index in [0.29, 0.717) is 43.1 Å². The molecular weight excluding hydrogens is 890 g/mol. The average Bonchev–Trinajstić information content (AvgIpc) is 3.20. The highest BCUT2D eigenvalue weighted by atomic mass is 35.7. The number of nitrogens with zero attached hydrogens (tertiary/aromatic N) is 2. The summed E-state index contributed by atoms with van der Waals surface area (Å²) in [5.74, 6) is -16.6. The summed E-state index contributed by atoms with van der Waals surface area (Å²) in [6.45, 7) is 6.98. The molecule has 6 rings (SSSR count). The van der Waals surface area contributed by atoms with Crippen molar-refractivity contribution in [3.63, 3.8) is 0 Å². The van der Waals surface area contributed by atoms with Crippen molar-refractivity contribution >= 4 is 58.8 Å². The molecule has 332 valence electrons. The zero-order valence-corrected chi connectivity index (χ0v) is 35.2. The number of carbonyl (C=O) groups excluding carboxylic acids is 2. The first-order valence-electron chi connectivity index (χ1n) is 18.1. The van der Waals surface area contributed by atoms with Crippen molar-refractivity contribution in [2.24, 2.45) is 0 Å². The van der Waals surface area contributed by atoms with E-state index in [2.05, 4.69) is 0 Å². The molecular formula is C39H38ClF8N3O8S2. The Labute approximate surface area is 350 Å². The molecule has 2 aliphatic rings. The van der Waals surface area contributed by atoms with Crippen molar-refractivity contribution in [3.05, 3.63) is 122 Å². The molecule has 2 N–H and O–H groups in total. The largest absolute Gasteiger partial charge is 0.444 e. The summed E-state index contributed by atoms with van der Waals surface area (Å²) in [5.41, 5.74) is 5.61. The molecule has 0 aliphatic carbocycles. The van der Waals surface area contributed by atoms with Gasteiger partial charge in [0, 0.05) is 62.8 Å². The van der Waals surface area contributed by atoms with Crippen LogP contribution in [0.1, 0.15) is 65.6 Å². The van der Waals surface area contributed by atoms with Crippen LogP contribution in [0.5, 0.6) is 0 Å². The maximum atomic E-state index is 14.0.